The average Bonchev–Trinajstić information content (AvgIpc) is 2.46. The fourth-order valence-corrected chi connectivity index (χ4v) is 2.81. The van der Waals surface area contributed by atoms with Crippen molar-refractivity contribution in [1.82, 2.24) is 0 Å². The number of fused-ring (bicyclic) bond motifs is 1. The molecule has 0 atom stereocenters. The van der Waals surface area contributed by atoms with Crippen molar-refractivity contribution in [2.45, 2.75) is 6.92 Å². The van der Waals surface area contributed by atoms with Gasteiger partial charge >= 0.3 is 5.97 Å². The van der Waals surface area contributed by atoms with Gasteiger partial charge in [-0.3, -0.25) is 4.79 Å². The molecule has 0 saturated carbocycles. The molecule has 0 bridgehead atoms. The third-order valence-corrected chi connectivity index (χ3v) is 3.81. The Morgan fingerprint density at radius 2 is 1.86 bits per heavy atom. The first-order valence-electron chi connectivity index (χ1n) is 6.12. The molecule has 0 radical (unpaired) electrons. The van der Waals surface area contributed by atoms with Crippen LogP contribution in [-0.4, -0.2) is 31.9 Å². The van der Waals surface area contributed by atoms with Crippen LogP contribution in [0.5, 0.6) is 16.6 Å². The van der Waals surface area contributed by atoms with Crippen molar-refractivity contribution in [3.8, 4) is 16.6 Å². The third kappa shape index (κ3) is 2.64. The van der Waals surface area contributed by atoms with Crippen LogP contribution in [0.2, 0.25) is 0 Å². The summed E-state index contributed by atoms with van der Waals surface area (Å²) in [5, 5.41) is 9.81. The maximum absolute atomic E-state index is 12.4. The second-order valence-corrected chi connectivity index (χ2v) is 5.07. The Hall–Kier alpha value is -2.28. The van der Waals surface area contributed by atoms with E-state index in [1.54, 1.807) is 13.0 Å². The van der Waals surface area contributed by atoms with Crippen LogP contribution >= 0.6 is 11.3 Å². The van der Waals surface area contributed by atoms with Gasteiger partial charge < -0.3 is 19.3 Å². The van der Waals surface area contributed by atoms with Crippen LogP contribution in [0.25, 0.3) is 10.1 Å². The van der Waals surface area contributed by atoms with E-state index in [2.05, 4.69) is 0 Å². The minimum Gasteiger partial charge on any atom is -0.499 e. The van der Waals surface area contributed by atoms with Gasteiger partial charge in [-0.25, -0.2) is 4.79 Å². The van der Waals surface area contributed by atoms with Crippen molar-refractivity contribution in [3.63, 3.8) is 0 Å². The lowest BCUT2D eigenvalue weighted by Crippen LogP contribution is -2.17. The molecule has 1 heterocycles. The average molecular weight is 310 g/mol. The highest BCUT2D eigenvalue weighted by molar-refractivity contribution is 7.20. The Balaban J connectivity index is 2.76. The molecule has 1 aromatic heterocycles. The van der Waals surface area contributed by atoms with E-state index >= 15 is 0 Å². The molecular formula is C14H14O6S. The number of esters is 1. The van der Waals surface area contributed by atoms with Crippen molar-refractivity contribution < 1.29 is 24.1 Å². The van der Waals surface area contributed by atoms with Crippen LogP contribution in [0.3, 0.4) is 0 Å². The van der Waals surface area contributed by atoms with E-state index in [0.29, 0.717) is 16.2 Å². The summed E-state index contributed by atoms with van der Waals surface area (Å²) in [6.07, 6.45) is 0. The lowest BCUT2D eigenvalue weighted by molar-refractivity contribution is 0.0522. The number of carbonyl (C=O) groups is 1. The van der Waals surface area contributed by atoms with E-state index in [-0.39, 0.29) is 22.6 Å². The maximum Gasteiger partial charge on any atom is 0.346 e. The molecule has 0 saturated heterocycles. The van der Waals surface area contributed by atoms with Crippen molar-refractivity contribution in [2.75, 3.05) is 20.8 Å². The van der Waals surface area contributed by atoms with Crippen molar-refractivity contribution in [1.29, 1.82) is 0 Å². The molecule has 2 rings (SSSR count). The van der Waals surface area contributed by atoms with Gasteiger partial charge in [0.15, 0.2) is 22.1 Å². The van der Waals surface area contributed by atoms with E-state index in [0.717, 1.165) is 11.3 Å². The predicted octanol–water partition coefficient (Wildman–Crippen LogP) is 2.16. The van der Waals surface area contributed by atoms with E-state index in [1.165, 1.54) is 20.3 Å². The molecule has 0 aliphatic heterocycles. The standard InChI is InChI=1S/C14H14O6S/c1-4-20-13(16)11-12(15)7-5-8(18-2)9(19-3)6-10(7)21-14(11)17/h5-6,17H,4H2,1-3H3. The Morgan fingerprint density at radius 1 is 1.24 bits per heavy atom. The lowest BCUT2D eigenvalue weighted by Gasteiger charge is -2.10. The minimum atomic E-state index is -0.840. The van der Waals surface area contributed by atoms with Gasteiger partial charge in [0.2, 0.25) is 5.43 Å². The van der Waals surface area contributed by atoms with Crippen LogP contribution in [0.1, 0.15) is 17.3 Å². The molecule has 1 N–H and O–H groups in total. The Morgan fingerprint density at radius 3 is 2.43 bits per heavy atom. The number of benzene rings is 1. The summed E-state index contributed by atoms with van der Waals surface area (Å²) in [5.41, 5.74) is -0.956. The highest BCUT2D eigenvalue weighted by Crippen LogP contribution is 2.36. The molecule has 6 nitrogen and oxygen atoms in total. The van der Waals surface area contributed by atoms with Gasteiger partial charge in [-0.15, -0.1) is 0 Å². The molecule has 0 amide bonds. The zero-order chi connectivity index (χ0) is 15.6. The summed E-state index contributed by atoms with van der Waals surface area (Å²) in [6.45, 7) is 1.74. The number of hydrogen-bond donors (Lipinski definition) is 1. The number of carbonyl (C=O) groups excluding carboxylic acids is 1. The second kappa shape index (κ2) is 6.01. The smallest absolute Gasteiger partial charge is 0.346 e. The minimum absolute atomic E-state index is 0.117. The summed E-state index contributed by atoms with van der Waals surface area (Å²) < 4.78 is 15.6. The first-order chi connectivity index (χ1) is 10.0. The number of aromatic hydroxyl groups is 1. The highest BCUT2D eigenvalue weighted by Gasteiger charge is 2.21. The second-order valence-electron chi connectivity index (χ2n) is 4.04. The number of ether oxygens (including phenoxy) is 3. The molecule has 21 heavy (non-hydrogen) atoms. The normalized spacial score (nSPS) is 10.4. The van der Waals surface area contributed by atoms with Crippen molar-refractivity contribution >= 4 is 27.4 Å². The summed E-state index contributed by atoms with van der Waals surface area (Å²) in [7, 11) is 2.92. The molecule has 2 aromatic rings. The van der Waals surface area contributed by atoms with E-state index in [1.807, 2.05) is 0 Å². The zero-order valence-electron chi connectivity index (χ0n) is 11.8. The monoisotopic (exact) mass is 310 g/mol. The summed E-state index contributed by atoms with van der Waals surface area (Å²) in [5.74, 6) is -0.0355. The topological polar surface area (TPSA) is 82.1 Å². The lowest BCUT2D eigenvalue weighted by atomic mass is 10.2. The summed E-state index contributed by atoms with van der Waals surface area (Å²) in [4.78, 5) is 24.2. The van der Waals surface area contributed by atoms with Crippen LogP contribution in [-0.2, 0) is 4.74 Å². The van der Waals surface area contributed by atoms with Crippen LogP contribution < -0.4 is 14.9 Å². The van der Waals surface area contributed by atoms with Crippen molar-refractivity contribution in [3.05, 3.63) is 27.9 Å². The quantitative estimate of drug-likeness (QED) is 0.871. The Bertz CT molecular complexity index is 749. The Kier molecular flexibility index (Phi) is 4.32. The molecule has 0 aliphatic carbocycles. The van der Waals surface area contributed by atoms with Gasteiger partial charge in [0.05, 0.1) is 20.8 Å². The molecule has 0 fully saturated rings. The van der Waals surface area contributed by atoms with Crippen LogP contribution in [0, 0.1) is 0 Å². The molecule has 7 heteroatoms. The Labute approximate surface area is 124 Å². The predicted molar refractivity (Wildman–Crippen MR) is 78.8 cm³/mol. The van der Waals surface area contributed by atoms with E-state index in [4.69, 9.17) is 14.2 Å². The largest absolute Gasteiger partial charge is 0.499 e. The third-order valence-electron chi connectivity index (χ3n) is 2.86. The fraction of sp³-hybridized carbons (Fsp3) is 0.286. The molecule has 0 spiro atoms. The summed E-state index contributed by atoms with van der Waals surface area (Å²) in [6, 6.07) is 3.06. The van der Waals surface area contributed by atoms with Crippen molar-refractivity contribution in [2.24, 2.45) is 0 Å². The fourth-order valence-electron chi connectivity index (χ4n) is 1.89. The number of rotatable bonds is 4. The van der Waals surface area contributed by atoms with Gasteiger partial charge in [-0.2, -0.15) is 0 Å². The maximum atomic E-state index is 12.4. The van der Waals surface area contributed by atoms with Crippen LogP contribution in [0.15, 0.2) is 16.9 Å². The van der Waals surface area contributed by atoms with Gasteiger partial charge in [0, 0.05) is 16.2 Å². The number of methoxy groups -OCH3 is 2. The number of hydrogen-bond acceptors (Lipinski definition) is 7. The first-order valence-corrected chi connectivity index (χ1v) is 6.94. The van der Waals surface area contributed by atoms with Crippen LogP contribution in [0.4, 0.5) is 0 Å². The SMILES string of the molecule is CCOC(=O)c1c(O)sc2cc(OC)c(OC)cc2c1=O. The molecule has 112 valence electrons. The van der Waals surface area contributed by atoms with E-state index in [9.17, 15) is 14.7 Å². The molecule has 1 aromatic carbocycles. The molecular weight excluding hydrogens is 296 g/mol. The van der Waals surface area contributed by atoms with Gasteiger partial charge in [0.25, 0.3) is 0 Å². The zero-order valence-corrected chi connectivity index (χ0v) is 12.6. The van der Waals surface area contributed by atoms with Gasteiger partial charge in [-0.1, -0.05) is 11.3 Å². The first kappa shape index (κ1) is 15.1. The summed E-state index contributed by atoms with van der Waals surface area (Å²) >= 11 is 0.905. The molecule has 0 aliphatic rings. The van der Waals surface area contributed by atoms with Gasteiger partial charge in [0.1, 0.15) is 0 Å². The molecule has 0 unspecified atom stereocenters. The highest BCUT2D eigenvalue weighted by atomic mass is 32.1. The van der Waals surface area contributed by atoms with Gasteiger partial charge in [-0.05, 0) is 13.0 Å². The van der Waals surface area contributed by atoms with E-state index < -0.39 is 11.4 Å².